The summed E-state index contributed by atoms with van der Waals surface area (Å²) in [5, 5.41) is 11.7. The highest BCUT2D eigenvalue weighted by Crippen LogP contribution is 2.20. The molecule has 0 aliphatic carbocycles. The highest BCUT2D eigenvalue weighted by atomic mass is 79.9. The molecule has 0 aromatic heterocycles. The first-order valence-electron chi connectivity index (χ1n) is 6.17. The summed E-state index contributed by atoms with van der Waals surface area (Å²) in [5.41, 5.74) is 0.491. The molecule has 0 bridgehead atoms. The Morgan fingerprint density at radius 1 is 1.48 bits per heavy atom. The summed E-state index contributed by atoms with van der Waals surface area (Å²) < 4.78 is 5.52. The third kappa shape index (κ3) is 5.57. The third-order valence-electron chi connectivity index (χ3n) is 2.60. The number of halogens is 1. The minimum absolute atomic E-state index is 0.0897. The minimum Gasteiger partial charge on any atom is -0.478 e. The van der Waals surface area contributed by atoms with Crippen molar-refractivity contribution < 1.29 is 19.4 Å². The molecule has 0 radical (unpaired) electrons. The number of amides is 2. The first-order chi connectivity index (χ1) is 9.97. The Morgan fingerprint density at radius 3 is 2.76 bits per heavy atom. The van der Waals surface area contributed by atoms with Crippen molar-refractivity contribution in [2.75, 3.05) is 32.1 Å². The van der Waals surface area contributed by atoms with Gasteiger partial charge in [-0.3, -0.25) is 0 Å². The Hall–Kier alpha value is -1.86. The molecule has 0 atom stereocenters. The number of rotatable bonds is 7. The predicted octanol–water partition coefficient (Wildman–Crippen LogP) is 2.81. The Labute approximate surface area is 131 Å². The topological polar surface area (TPSA) is 78.9 Å². The molecule has 1 aromatic carbocycles. The quantitative estimate of drug-likeness (QED) is 0.736. The van der Waals surface area contributed by atoms with Gasteiger partial charge in [0.2, 0.25) is 0 Å². The Morgan fingerprint density at radius 2 is 2.19 bits per heavy atom. The first-order valence-corrected chi connectivity index (χ1v) is 6.97. The van der Waals surface area contributed by atoms with E-state index in [1.807, 2.05) is 0 Å². The molecule has 0 heterocycles. The third-order valence-corrected chi connectivity index (χ3v) is 3.06. The molecule has 0 spiro atoms. The van der Waals surface area contributed by atoms with Gasteiger partial charge in [0.15, 0.2) is 0 Å². The molecule has 2 amide bonds. The SMILES string of the molecule is C=CCN(CCOC)C(=O)Nc1cc(Br)cc(C(=O)O)c1. The van der Waals surface area contributed by atoms with Crippen molar-refractivity contribution in [1.29, 1.82) is 0 Å². The lowest BCUT2D eigenvalue weighted by atomic mass is 10.2. The van der Waals surface area contributed by atoms with Crippen LogP contribution >= 0.6 is 15.9 Å². The number of nitrogens with zero attached hydrogens (tertiary/aromatic N) is 1. The number of aromatic carboxylic acids is 1. The summed E-state index contributed by atoms with van der Waals surface area (Å²) in [6, 6.07) is 4.14. The summed E-state index contributed by atoms with van der Waals surface area (Å²) in [6.07, 6.45) is 1.61. The van der Waals surface area contributed by atoms with Gasteiger partial charge in [0.1, 0.15) is 0 Å². The average molecular weight is 357 g/mol. The maximum Gasteiger partial charge on any atom is 0.335 e. The zero-order chi connectivity index (χ0) is 15.8. The molecular weight excluding hydrogens is 340 g/mol. The van der Waals surface area contributed by atoms with Crippen LogP contribution in [0.3, 0.4) is 0 Å². The zero-order valence-corrected chi connectivity index (χ0v) is 13.2. The summed E-state index contributed by atoms with van der Waals surface area (Å²) in [4.78, 5) is 24.7. The molecule has 6 nitrogen and oxygen atoms in total. The van der Waals surface area contributed by atoms with E-state index in [0.29, 0.717) is 29.9 Å². The zero-order valence-electron chi connectivity index (χ0n) is 11.6. The van der Waals surface area contributed by atoms with E-state index in [2.05, 4.69) is 27.8 Å². The molecule has 0 aliphatic heterocycles. The number of hydrogen-bond donors (Lipinski definition) is 2. The van der Waals surface area contributed by atoms with Crippen molar-refractivity contribution in [3.05, 3.63) is 40.9 Å². The van der Waals surface area contributed by atoms with Crippen molar-refractivity contribution >= 4 is 33.6 Å². The monoisotopic (exact) mass is 356 g/mol. The van der Waals surface area contributed by atoms with E-state index < -0.39 is 5.97 Å². The Bertz CT molecular complexity index is 534. The van der Waals surface area contributed by atoms with Crippen molar-refractivity contribution in [3.63, 3.8) is 0 Å². The number of anilines is 1. The molecular formula is C14H17BrN2O4. The lowest BCUT2D eigenvalue weighted by Gasteiger charge is -2.21. The van der Waals surface area contributed by atoms with E-state index in [1.54, 1.807) is 19.3 Å². The van der Waals surface area contributed by atoms with Gasteiger partial charge < -0.3 is 20.1 Å². The minimum atomic E-state index is -1.06. The fourth-order valence-corrected chi connectivity index (χ4v) is 2.11. The second kappa shape index (κ2) is 8.43. The van der Waals surface area contributed by atoms with Crippen molar-refractivity contribution in [2.45, 2.75) is 0 Å². The lowest BCUT2D eigenvalue weighted by molar-refractivity contribution is 0.0697. The first kappa shape index (κ1) is 17.2. The highest BCUT2D eigenvalue weighted by molar-refractivity contribution is 9.10. The number of benzene rings is 1. The molecule has 7 heteroatoms. The second-order valence-corrected chi connectivity index (χ2v) is 5.11. The van der Waals surface area contributed by atoms with Gasteiger partial charge in [0, 0.05) is 30.4 Å². The van der Waals surface area contributed by atoms with Crippen LogP contribution in [-0.2, 0) is 4.74 Å². The lowest BCUT2D eigenvalue weighted by Crippen LogP contribution is -2.37. The van der Waals surface area contributed by atoms with Crippen LogP contribution in [-0.4, -0.2) is 48.8 Å². The molecule has 0 saturated carbocycles. The summed E-state index contributed by atoms with van der Waals surface area (Å²) >= 11 is 3.22. The van der Waals surface area contributed by atoms with Crippen molar-refractivity contribution in [2.24, 2.45) is 0 Å². The Balaban J connectivity index is 2.84. The van der Waals surface area contributed by atoms with Crippen LogP contribution in [0.1, 0.15) is 10.4 Å². The van der Waals surface area contributed by atoms with Crippen LogP contribution < -0.4 is 5.32 Å². The van der Waals surface area contributed by atoms with Crippen LogP contribution in [0.2, 0.25) is 0 Å². The molecule has 0 aliphatic rings. The molecule has 0 fully saturated rings. The summed E-state index contributed by atoms with van der Waals surface area (Å²) in [7, 11) is 1.55. The van der Waals surface area contributed by atoms with E-state index in [1.165, 1.54) is 17.0 Å². The van der Waals surface area contributed by atoms with Gasteiger partial charge in [0.25, 0.3) is 0 Å². The molecule has 21 heavy (non-hydrogen) atoms. The normalized spacial score (nSPS) is 10.0. The van der Waals surface area contributed by atoms with Gasteiger partial charge >= 0.3 is 12.0 Å². The number of hydrogen-bond acceptors (Lipinski definition) is 3. The second-order valence-electron chi connectivity index (χ2n) is 4.19. The molecule has 1 rings (SSSR count). The van der Waals surface area contributed by atoms with Crippen LogP contribution in [0.5, 0.6) is 0 Å². The van der Waals surface area contributed by atoms with Crippen LogP contribution in [0.25, 0.3) is 0 Å². The fourth-order valence-electron chi connectivity index (χ4n) is 1.62. The molecule has 2 N–H and O–H groups in total. The number of ether oxygens (including phenoxy) is 1. The van der Waals surface area contributed by atoms with Crippen LogP contribution in [0, 0.1) is 0 Å². The van der Waals surface area contributed by atoms with E-state index in [-0.39, 0.29) is 11.6 Å². The number of carboxylic acid groups (broad SMARTS) is 1. The smallest absolute Gasteiger partial charge is 0.335 e. The molecule has 114 valence electrons. The van der Waals surface area contributed by atoms with Gasteiger partial charge in [-0.15, -0.1) is 6.58 Å². The summed E-state index contributed by atoms with van der Waals surface area (Å²) in [6.45, 7) is 4.79. The number of carboxylic acids is 1. The maximum atomic E-state index is 12.1. The van der Waals surface area contributed by atoms with Gasteiger partial charge in [-0.25, -0.2) is 9.59 Å². The van der Waals surface area contributed by atoms with E-state index >= 15 is 0 Å². The number of methoxy groups -OCH3 is 1. The van der Waals surface area contributed by atoms with Gasteiger partial charge in [-0.1, -0.05) is 22.0 Å². The van der Waals surface area contributed by atoms with Gasteiger partial charge in [-0.05, 0) is 18.2 Å². The van der Waals surface area contributed by atoms with Gasteiger partial charge in [-0.2, -0.15) is 0 Å². The van der Waals surface area contributed by atoms with E-state index in [4.69, 9.17) is 9.84 Å². The number of carbonyl (C=O) groups excluding carboxylic acids is 1. The van der Waals surface area contributed by atoms with E-state index in [0.717, 1.165) is 0 Å². The predicted molar refractivity (Wildman–Crippen MR) is 83.8 cm³/mol. The maximum absolute atomic E-state index is 12.1. The van der Waals surface area contributed by atoms with E-state index in [9.17, 15) is 9.59 Å². The highest BCUT2D eigenvalue weighted by Gasteiger charge is 2.13. The largest absolute Gasteiger partial charge is 0.478 e. The van der Waals surface area contributed by atoms with Gasteiger partial charge in [0.05, 0.1) is 12.2 Å². The number of urea groups is 1. The Kier molecular flexibility index (Phi) is 6.90. The fraction of sp³-hybridized carbons (Fsp3) is 0.286. The van der Waals surface area contributed by atoms with Crippen molar-refractivity contribution in [3.8, 4) is 0 Å². The van der Waals surface area contributed by atoms with Crippen LogP contribution in [0.4, 0.5) is 10.5 Å². The standard InChI is InChI=1S/C14H17BrN2O4/c1-3-4-17(5-6-21-2)14(20)16-12-8-10(13(18)19)7-11(15)9-12/h3,7-9H,1,4-6H2,2H3,(H,16,20)(H,18,19). The summed E-state index contributed by atoms with van der Waals surface area (Å²) in [5.74, 6) is -1.06. The molecule has 0 saturated heterocycles. The average Bonchev–Trinajstić information content (AvgIpc) is 2.42. The number of carbonyl (C=O) groups is 2. The number of nitrogens with one attached hydrogen (secondary N) is 1. The molecule has 1 aromatic rings. The molecule has 0 unspecified atom stereocenters. The van der Waals surface area contributed by atoms with Crippen molar-refractivity contribution in [1.82, 2.24) is 4.90 Å². The van der Waals surface area contributed by atoms with Crippen LogP contribution in [0.15, 0.2) is 35.3 Å².